The number of H-pyrrole nitrogens is 1. The topological polar surface area (TPSA) is 84.1 Å². The molecule has 6 nitrogen and oxygen atoms in total. The van der Waals surface area contributed by atoms with Crippen LogP contribution < -0.4 is 15.6 Å². The van der Waals surface area contributed by atoms with Crippen molar-refractivity contribution in [1.82, 2.24) is 9.97 Å². The Morgan fingerprint density at radius 2 is 2.00 bits per heavy atom. The summed E-state index contributed by atoms with van der Waals surface area (Å²) in [5, 5.41) is 3.09. The molecule has 1 unspecified atom stereocenters. The molecule has 0 saturated heterocycles. The zero-order valence-electron chi connectivity index (χ0n) is 15.9. The molecule has 0 radical (unpaired) electrons. The smallest absolute Gasteiger partial charge is 0.257 e. The first-order chi connectivity index (χ1) is 14.4. The van der Waals surface area contributed by atoms with E-state index in [4.69, 9.17) is 4.74 Å². The lowest BCUT2D eigenvalue weighted by molar-refractivity contribution is -0.116. The molecule has 1 atom stereocenters. The van der Waals surface area contributed by atoms with Gasteiger partial charge in [0, 0.05) is 28.1 Å². The van der Waals surface area contributed by atoms with Gasteiger partial charge in [0.2, 0.25) is 5.91 Å². The van der Waals surface area contributed by atoms with E-state index in [0.717, 1.165) is 15.6 Å². The average molecular weight is 490 g/mol. The highest BCUT2D eigenvalue weighted by Crippen LogP contribution is 2.39. The number of aromatic nitrogens is 2. The van der Waals surface area contributed by atoms with E-state index in [1.165, 1.54) is 23.9 Å². The van der Waals surface area contributed by atoms with Crippen LogP contribution in [0.5, 0.6) is 5.75 Å². The largest absolute Gasteiger partial charge is 0.496 e. The number of hydrogen-bond acceptors (Lipinski definition) is 5. The molecule has 2 aromatic carbocycles. The molecule has 2 heterocycles. The Bertz CT molecular complexity index is 1170. The molecule has 0 bridgehead atoms. The van der Waals surface area contributed by atoms with Gasteiger partial charge in [0.25, 0.3) is 5.56 Å². The Balaban J connectivity index is 1.69. The van der Waals surface area contributed by atoms with Crippen LogP contribution in [-0.4, -0.2) is 23.0 Å². The molecule has 9 heteroatoms. The second-order valence-electron chi connectivity index (χ2n) is 6.74. The van der Waals surface area contributed by atoms with Crippen molar-refractivity contribution in [3.63, 3.8) is 0 Å². The summed E-state index contributed by atoms with van der Waals surface area (Å²) < 4.78 is 19.3. The molecule has 1 aliphatic rings. The lowest BCUT2D eigenvalue weighted by Gasteiger charge is -2.25. The van der Waals surface area contributed by atoms with E-state index in [-0.39, 0.29) is 29.5 Å². The predicted molar refractivity (Wildman–Crippen MR) is 117 cm³/mol. The van der Waals surface area contributed by atoms with Crippen LogP contribution in [0.15, 0.2) is 56.9 Å². The number of carbonyl (C=O) groups excluding carboxylic acids is 1. The van der Waals surface area contributed by atoms with Crippen LogP contribution in [0.2, 0.25) is 0 Å². The maximum Gasteiger partial charge on any atom is 0.257 e. The molecule has 1 aromatic heterocycles. The summed E-state index contributed by atoms with van der Waals surface area (Å²) in [7, 11) is 1.55. The van der Waals surface area contributed by atoms with Crippen molar-refractivity contribution in [3.8, 4) is 5.75 Å². The van der Waals surface area contributed by atoms with E-state index in [1.807, 2.05) is 12.1 Å². The third kappa shape index (κ3) is 4.27. The summed E-state index contributed by atoms with van der Waals surface area (Å²) in [6, 6.07) is 11.6. The van der Waals surface area contributed by atoms with Gasteiger partial charge in [-0.1, -0.05) is 39.8 Å². The molecule has 3 aromatic rings. The Kier molecular flexibility index (Phi) is 5.92. The molecule has 0 spiro atoms. The zero-order valence-corrected chi connectivity index (χ0v) is 18.3. The highest BCUT2D eigenvalue weighted by Gasteiger charge is 2.32. The number of amides is 1. The molecular weight excluding hydrogens is 473 g/mol. The van der Waals surface area contributed by atoms with Crippen molar-refractivity contribution >= 4 is 39.4 Å². The third-order valence-electron chi connectivity index (χ3n) is 4.79. The number of carbonyl (C=O) groups is 1. The first kappa shape index (κ1) is 20.6. The number of halogens is 2. The molecule has 1 aliphatic heterocycles. The van der Waals surface area contributed by atoms with Crippen LogP contribution in [0.25, 0.3) is 0 Å². The van der Waals surface area contributed by atoms with Gasteiger partial charge in [0.15, 0.2) is 5.16 Å². The highest BCUT2D eigenvalue weighted by molar-refractivity contribution is 9.10. The van der Waals surface area contributed by atoms with Gasteiger partial charge >= 0.3 is 0 Å². The average Bonchev–Trinajstić information content (AvgIpc) is 2.72. The number of ether oxygens (including phenoxy) is 1. The number of aromatic amines is 1. The van der Waals surface area contributed by atoms with E-state index >= 15 is 0 Å². The summed E-state index contributed by atoms with van der Waals surface area (Å²) >= 11 is 4.74. The van der Waals surface area contributed by atoms with Gasteiger partial charge in [0.1, 0.15) is 17.4 Å². The number of benzene rings is 2. The van der Waals surface area contributed by atoms with Gasteiger partial charge in [-0.2, -0.15) is 0 Å². The second-order valence-corrected chi connectivity index (χ2v) is 8.62. The van der Waals surface area contributed by atoms with Gasteiger partial charge in [-0.3, -0.25) is 9.59 Å². The predicted octanol–water partition coefficient (Wildman–Crippen LogP) is 4.45. The minimum absolute atomic E-state index is 0.118. The van der Waals surface area contributed by atoms with E-state index in [9.17, 15) is 14.0 Å². The normalized spacial score (nSPS) is 15.4. The maximum atomic E-state index is 13.1. The fourth-order valence-corrected chi connectivity index (χ4v) is 4.59. The number of rotatable bonds is 5. The van der Waals surface area contributed by atoms with Crippen molar-refractivity contribution in [2.24, 2.45) is 0 Å². The maximum absolute atomic E-state index is 13.1. The van der Waals surface area contributed by atoms with Gasteiger partial charge in [-0.25, -0.2) is 9.37 Å². The lowest BCUT2D eigenvalue weighted by atomic mass is 9.86. The van der Waals surface area contributed by atoms with Gasteiger partial charge in [-0.05, 0) is 35.9 Å². The van der Waals surface area contributed by atoms with Gasteiger partial charge < -0.3 is 15.0 Å². The molecule has 4 rings (SSSR count). The van der Waals surface area contributed by atoms with Crippen LogP contribution in [0.3, 0.4) is 0 Å². The fourth-order valence-electron chi connectivity index (χ4n) is 3.39. The van der Waals surface area contributed by atoms with Crippen molar-refractivity contribution in [3.05, 3.63) is 79.8 Å². The number of fused-ring (bicyclic) bond motifs is 1. The SMILES string of the molecule is COc1ccc(Br)cc1C1CC(=O)Nc2nc(SCc3ccc(F)cc3)[nH]c(=O)c21. The summed E-state index contributed by atoms with van der Waals surface area (Å²) in [6.07, 6.45) is 0.118. The summed E-state index contributed by atoms with van der Waals surface area (Å²) in [5.41, 5.74) is 1.72. The number of thioether (sulfide) groups is 1. The number of hydrogen-bond donors (Lipinski definition) is 2. The minimum Gasteiger partial charge on any atom is -0.496 e. The van der Waals surface area contributed by atoms with E-state index in [1.54, 1.807) is 25.3 Å². The number of methoxy groups -OCH3 is 1. The van der Waals surface area contributed by atoms with Gasteiger partial charge in [-0.15, -0.1) is 0 Å². The first-order valence-corrected chi connectivity index (χ1v) is 10.9. The van der Waals surface area contributed by atoms with E-state index in [2.05, 4.69) is 31.2 Å². The Morgan fingerprint density at radius 3 is 2.73 bits per heavy atom. The zero-order chi connectivity index (χ0) is 21.3. The van der Waals surface area contributed by atoms with Crippen molar-refractivity contribution in [2.45, 2.75) is 23.2 Å². The molecule has 2 N–H and O–H groups in total. The molecule has 30 heavy (non-hydrogen) atoms. The number of anilines is 1. The van der Waals surface area contributed by atoms with Crippen LogP contribution in [0.1, 0.15) is 29.0 Å². The standard InChI is InChI=1S/C21H17BrFN3O3S/c1-29-16-7-4-12(22)8-14(16)15-9-17(27)24-19-18(15)20(28)26-21(25-19)30-10-11-2-5-13(23)6-3-11/h2-8,15H,9-10H2,1H3,(H2,24,25,26,27,28). The second kappa shape index (κ2) is 8.61. The molecular formula is C21H17BrFN3O3S. The summed E-state index contributed by atoms with van der Waals surface area (Å²) in [6.45, 7) is 0. The summed E-state index contributed by atoms with van der Waals surface area (Å²) in [4.78, 5) is 32.6. The number of nitrogens with zero attached hydrogens (tertiary/aromatic N) is 1. The van der Waals surface area contributed by atoms with Crippen LogP contribution in [-0.2, 0) is 10.5 Å². The number of nitrogens with one attached hydrogen (secondary N) is 2. The van der Waals surface area contributed by atoms with Crippen LogP contribution >= 0.6 is 27.7 Å². The lowest BCUT2D eigenvalue weighted by Crippen LogP contribution is -2.31. The van der Waals surface area contributed by atoms with Crippen molar-refractivity contribution in [1.29, 1.82) is 0 Å². The molecule has 0 fully saturated rings. The highest BCUT2D eigenvalue weighted by atomic mass is 79.9. The summed E-state index contributed by atoms with van der Waals surface area (Å²) in [5.74, 6) is 0.344. The Hall–Kier alpha value is -2.65. The molecule has 0 saturated carbocycles. The van der Waals surface area contributed by atoms with Crippen molar-refractivity contribution < 1.29 is 13.9 Å². The van der Waals surface area contributed by atoms with Crippen LogP contribution in [0.4, 0.5) is 10.2 Å². The molecule has 0 aliphatic carbocycles. The Labute approximate surface area is 184 Å². The fraction of sp³-hybridized carbons (Fsp3) is 0.190. The quantitative estimate of drug-likeness (QED) is 0.408. The minimum atomic E-state index is -0.478. The van der Waals surface area contributed by atoms with E-state index in [0.29, 0.717) is 22.2 Å². The molecule has 1 amide bonds. The van der Waals surface area contributed by atoms with Gasteiger partial charge in [0.05, 0.1) is 12.7 Å². The van der Waals surface area contributed by atoms with E-state index < -0.39 is 5.92 Å². The molecule has 154 valence electrons. The Morgan fingerprint density at radius 1 is 1.23 bits per heavy atom. The van der Waals surface area contributed by atoms with Crippen molar-refractivity contribution in [2.75, 3.05) is 12.4 Å². The van der Waals surface area contributed by atoms with Crippen LogP contribution in [0, 0.1) is 5.82 Å². The monoisotopic (exact) mass is 489 g/mol. The third-order valence-corrected chi connectivity index (χ3v) is 6.22. The first-order valence-electron chi connectivity index (χ1n) is 9.09.